The zero-order chi connectivity index (χ0) is 17.6. The highest BCUT2D eigenvalue weighted by Gasteiger charge is 2.31. The number of carbonyl (C=O) groups is 2. The molecule has 0 spiro atoms. The number of amides is 3. The second kappa shape index (κ2) is 8.36. The van der Waals surface area contributed by atoms with Crippen molar-refractivity contribution in [1.29, 1.82) is 0 Å². The molecule has 25 heavy (non-hydrogen) atoms. The van der Waals surface area contributed by atoms with Gasteiger partial charge in [0, 0.05) is 31.5 Å². The van der Waals surface area contributed by atoms with Gasteiger partial charge in [0.2, 0.25) is 5.91 Å². The Kier molecular flexibility index (Phi) is 5.94. The number of anilines is 1. The summed E-state index contributed by atoms with van der Waals surface area (Å²) in [7, 11) is 0. The molecule has 3 N–H and O–H groups in total. The Hall–Kier alpha value is -2.05. The molecule has 1 unspecified atom stereocenters. The van der Waals surface area contributed by atoms with Crippen LogP contribution in [0.3, 0.4) is 0 Å². The number of hydrogen-bond donors (Lipinski definition) is 3. The molecule has 1 aliphatic heterocycles. The third-order valence-electron chi connectivity index (χ3n) is 5.35. The molecule has 2 aliphatic rings. The minimum absolute atomic E-state index is 0.195. The van der Waals surface area contributed by atoms with E-state index in [1.165, 1.54) is 19.3 Å². The van der Waals surface area contributed by atoms with E-state index in [0.717, 1.165) is 37.9 Å². The van der Waals surface area contributed by atoms with Crippen LogP contribution in [-0.2, 0) is 4.79 Å². The topological polar surface area (TPSA) is 90.1 Å². The monoisotopic (exact) mass is 347 g/mol. The molecule has 1 atom stereocenters. The minimum Gasteiger partial charge on any atom is -0.342 e. The van der Waals surface area contributed by atoms with Crippen molar-refractivity contribution in [1.82, 2.24) is 20.4 Å². The smallest absolute Gasteiger partial charge is 0.319 e. The Morgan fingerprint density at radius 1 is 1.24 bits per heavy atom. The van der Waals surface area contributed by atoms with Crippen LogP contribution in [0.25, 0.3) is 0 Å². The maximum Gasteiger partial charge on any atom is 0.319 e. The van der Waals surface area contributed by atoms with Gasteiger partial charge in [-0.3, -0.25) is 9.89 Å². The average molecular weight is 347 g/mol. The Bertz CT molecular complexity index is 594. The third kappa shape index (κ3) is 4.32. The number of H-pyrrole nitrogens is 1. The highest BCUT2D eigenvalue weighted by atomic mass is 16.2. The van der Waals surface area contributed by atoms with Crippen molar-refractivity contribution in [3.05, 3.63) is 11.9 Å². The largest absolute Gasteiger partial charge is 0.342 e. The van der Waals surface area contributed by atoms with Gasteiger partial charge in [0.15, 0.2) is 0 Å². The lowest BCUT2D eigenvalue weighted by Gasteiger charge is -2.35. The number of piperidine rings is 1. The van der Waals surface area contributed by atoms with Crippen molar-refractivity contribution in [3.63, 3.8) is 0 Å². The standard InChI is InChI=1S/C18H29N5O2/c1-2-19-18(25)21-15-11-20-22-16(15)14-9-6-10-23(12-14)17(24)13-7-4-3-5-8-13/h11,13-14H,2-10,12H2,1H3,(H,20,22)(H2,19,21,25). The van der Waals surface area contributed by atoms with E-state index in [9.17, 15) is 9.59 Å². The fourth-order valence-corrected chi connectivity index (χ4v) is 4.05. The molecule has 0 aromatic carbocycles. The second-order valence-electron chi connectivity index (χ2n) is 7.14. The van der Waals surface area contributed by atoms with Gasteiger partial charge in [-0.2, -0.15) is 5.10 Å². The molecule has 3 rings (SSSR count). The molecule has 2 fully saturated rings. The average Bonchev–Trinajstić information content (AvgIpc) is 3.10. The van der Waals surface area contributed by atoms with E-state index in [0.29, 0.717) is 24.7 Å². The maximum atomic E-state index is 12.8. The van der Waals surface area contributed by atoms with E-state index in [1.807, 2.05) is 11.8 Å². The Morgan fingerprint density at radius 2 is 2.04 bits per heavy atom. The first-order valence-corrected chi connectivity index (χ1v) is 9.56. The molecule has 1 saturated heterocycles. The zero-order valence-corrected chi connectivity index (χ0v) is 15.0. The van der Waals surface area contributed by atoms with Gasteiger partial charge >= 0.3 is 6.03 Å². The Balaban J connectivity index is 1.64. The molecular weight excluding hydrogens is 318 g/mol. The number of nitrogens with zero attached hydrogens (tertiary/aromatic N) is 2. The molecule has 1 aliphatic carbocycles. The van der Waals surface area contributed by atoms with Crippen molar-refractivity contribution < 1.29 is 9.59 Å². The first-order valence-electron chi connectivity index (χ1n) is 9.56. The van der Waals surface area contributed by atoms with Crippen LogP contribution in [0.1, 0.15) is 63.5 Å². The molecular formula is C18H29N5O2. The van der Waals surface area contributed by atoms with Crippen molar-refractivity contribution in [3.8, 4) is 0 Å². The van der Waals surface area contributed by atoms with Crippen molar-refractivity contribution in [2.24, 2.45) is 5.92 Å². The van der Waals surface area contributed by atoms with E-state index >= 15 is 0 Å². The quantitative estimate of drug-likeness (QED) is 0.782. The molecule has 0 radical (unpaired) electrons. The summed E-state index contributed by atoms with van der Waals surface area (Å²) in [5, 5.41) is 12.7. The number of aromatic nitrogens is 2. The molecule has 7 nitrogen and oxygen atoms in total. The maximum absolute atomic E-state index is 12.8. The van der Waals surface area contributed by atoms with Gasteiger partial charge < -0.3 is 15.5 Å². The molecule has 0 bridgehead atoms. The predicted octanol–water partition coefficient (Wildman–Crippen LogP) is 2.84. The number of likely N-dealkylation sites (tertiary alicyclic amines) is 1. The fraction of sp³-hybridized carbons (Fsp3) is 0.722. The van der Waals surface area contributed by atoms with Gasteiger partial charge in [-0.05, 0) is 32.6 Å². The van der Waals surface area contributed by atoms with Crippen molar-refractivity contribution in [2.45, 2.75) is 57.8 Å². The van der Waals surface area contributed by atoms with Gasteiger partial charge in [-0.1, -0.05) is 19.3 Å². The predicted molar refractivity (Wildman–Crippen MR) is 96.4 cm³/mol. The molecule has 2 heterocycles. The number of urea groups is 1. The number of carbonyl (C=O) groups excluding carboxylic acids is 2. The third-order valence-corrected chi connectivity index (χ3v) is 5.35. The lowest BCUT2D eigenvalue weighted by Crippen LogP contribution is -2.43. The lowest BCUT2D eigenvalue weighted by atomic mass is 9.86. The number of nitrogens with one attached hydrogen (secondary N) is 3. The van der Waals surface area contributed by atoms with Crippen LogP contribution in [-0.4, -0.2) is 46.7 Å². The highest BCUT2D eigenvalue weighted by Crippen LogP contribution is 2.32. The van der Waals surface area contributed by atoms with E-state index in [4.69, 9.17) is 0 Å². The molecule has 1 aromatic heterocycles. The lowest BCUT2D eigenvalue weighted by molar-refractivity contribution is -0.137. The number of rotatable bonds is 4. The summed E-state index contributed by atoms with van der Waals surface area (Å²) >= 11 is 0. The van der Waals surface area contributed by atoms with Gasteiger partial charge in [-0.25, -0.2) is 4.79 Å². The summed E-state index contributed by atoms with van der Waals surface area (Å²) in [4.78, 5) is 26.7. The van der Waals surface area contributed by atoms with E-state index in [1.54, 1.807) is 6.20 Å². The summed E-state index contributed by atoms with van der Waals surface area (Å²) in [6.07, 6.45) is 9.32. The van der Waals surface area contributed by atoms with E-state index < -0.39 is 0 Å². The Morgan fingerprint density at radius 3 is 2.80 bits per heavy atom. The van der Waals surface area contributed by atoms with Crippen LogP contribution in [0, 0.1) is 5.92 Å². The summed E-state index contributed by atoms with van der Waals surface area (Å²) in [6.45, 7) is 4.01. The number of hydrogen-bond acceptors (Lipinski definition) is 3. The van der Waals surface area contributed by atoms with Crippen molar-refractivity contribution >= 4 is 17.6 Å². The summed E-state index contributed by atoms with van der Waals surface area (Å²) in [5.74, 6) is 0.727. The molecule has 138 valence electrons. The van der Waals surface area contributed by atoms with Crippen molar-refractivity contribution in [2.75, 3.05) is 25.0 Å². The van der Waals surface area contributed by atoms with Crippen LogP contribution in [0.15, 0.2) is 6.20 Å². The minimum atomic E-state index is -0.226. The fourth-order valence-electron chi connectivity index (χ4n) is 4.05. The van der Waals surface area contributed by atoms with Crippen LogP contribution in [0.5, 0.6) is 0 Å². The van der Waals surface area contributed by atoms with Gasteiger partial charge in [0.1, 0.15) is 0 Å². The molecule has 1 aromatic rings. The molecule has 7 heteroatoms. The first-order chi connectivity index (χ1) is 12.2. The summed E-state index contributed by atoms with van der Waals surface area (Å²) in [5.41, 5.74) is 1.63. The van der Waals surface area contributed by atoms with Crippen LogP contribution < -0.4 is 10.6 Å². The summed E-state index contributed by atoms with van der Waals surface area (Å²) in [6, 6.07) is -0.226. The Labute approximate surface area is 148 Å². The molecule has 3 amide bonds. The van der Waals surface area contributed by atoms with E-state index in [2.05, 4.69) is 20.8 Å². The van der Waals surface area contributed by atoms with E-state index in [-0.39, 0.29) is 17.9 Å². The second-order valence-corrected chi connectivity index (χ2v) is 7.14. The van der Waals surface area contributed by atoms with Crippen LogP contribution in [0.2, 0.25) is 0 Å². The SMILES string of the molecule is CCNC(=O)Nc1cn[nH]c1C1CCCN(C(=O)C2CCCCC2)C1. The van der Waals surface area contributed by atoms with Crippen LogP contribution >= 0.6 is 0 Å². The van der Waals surface area contributed by atoms with Gasteiger partial charge in [0.05, 0.1) is 17.6 Å². The van der Waals surface area contributed by atoms with Crippen LogP contribution in [0.4, 0.5) is 10.5 Å². The number of aromatic amines is 1. The van der Waals surface area contributed by atoms with Gasteiger partial charge in [-0.15, -0.1) is 0 Å². The zero-order valence-electron chi connectivity index (χ0n) is 15.0. The highest BCUT2D eigenvalue weighted by molar-refractivity contribution is 5.89. The first kappa shape index (κ1) is 17.8. The van der Waals surface area contributed by atoms with Gasteiger partial charge in [0.25, 0.3) is 0 Å². The summed E-state index contributed by atoms with van der Waals surface area (Å²) < 4.78 is 0. The normalized spacial score (nSPS) is 21.8. The molecule has 1 saturated carbocycles.